The number of para-hydroxylation sites is 1. The predicted molar refractivity (Wildman–Crippen MR) is 97.6 cm³/mol. The van der Waals surface area contributed by atoms with E-state index >= 15 is 0 Å². The molecule has 0 bridgehead atoms. The largest absolute Gasteiger partial charge is 0.277 e. The molecule has 24 heavy (non-hydrogen) atoms. The maximum atomic E-state index is 12.5. The topological polar surface area (TPSA) is 42.4 Å². The van der Waals surface area contributed by atoms with Gasteiger partial charge < -0.3 is 0 Å². The minimum absolute atomic E-state index is 0.196. The Morgan fingerprint density at radius 3 is 2.29 bits per heavy atom. The molecule has 0 spiro atoms. The monoisotopic (exact) mass is 322 g/mol. The third kappa shape index (κ3) is 3.60. The van der Waals surface area contributed by atoms with Crippen LogP contribution in [-0.4, -0.2) is 30.1 Å². The van der Waals surface area contributed by atoms with Crippen LogP contribution < -0.4 is 0 Å². The summed E-state index contributed by atoms with van der Waals surface area (Å²) in [5.74, 6) is -0.196. The number of amides is 1. The summed E-state index contributed by atoms with van der Waals surface area (Å²) in [6, 6.07) is 19.2. The number of fused-ring (bicyclic) bond motifs is 1. The second kappa shape index (κ2) is 8.22. The minimum Gasteiger partial charge on any atom is -0.274 e. The van der Waals surface area contributed by atoms with Crippen LogP contribution in [0.1, 0.15) is 24.2 Å². The molecule has 0 fully saturated rings. The second-order valence-corrected chi connectivity index (χ2v) is 4.92. The number of benzene rings is 2. The summed E-state index contributed by atoms with van der Waals surface area (Å²) < 4.78 is 0. The third-order valence-corrected chi connectivity index (χ3v) is 3.58. The van der Waals surface area contributed by atoms with Gasteiger partial charge in [-0.25, -0.2) is 10.0 Å². The summed E-state index contributed by atoms with van der Waals surface area (Å²) in [5.41, 5.74) is 3.11. The van der Waals surface area contributed by atoms with Gasteiger partial charge >= 0.3 is 0 Å². The van der Waals surface area contributed by atoms with Crippen LogP contribution in [0.3, 0.4) is 0 Å². The molecule has 1 amide bonds. The van der Waals surface area contributed by atoms with Crippen LogP contribution in [0.5, 0.6) is 0 Å². The lowest BCUT2D eigenvalue weighted by Gasteiger charge is -2.16. The average molecular weight is 322 g/mol. The Hall–Kier alpha value is -2.72. The summed E-state index contributed by atoms with van der Waals surface area (Å²) in [6.07, 6.45) is 0. The van der Waals surface area contributed by atoms with Crippen molar-refractivity contribution in [1.29, 1.82) is 0 Å². The lowest BCUT2D eigenvalue weighted by Crippen LogP contribution is -2.25. The Kier molecular flexibility index (Phi) is 6.04. The average Bonchev–Trinajstić information content (AvgIpc) is 2.68. The van der Waals surface area contributed by atoms with Crippen LogP contribution in [0, 0.1) is 0 Å². The Morgan fingerprint density at radius 2 is 1.62 bits per heavy atom. The minimum atomic E-state index is -0.196. The number of carbonyl (C=O) groups is 1. The van der Waals surface area contributed by atoms with Crippen molar-refractivity contribution in [3.63, 3.8) is 0 Å². The zero-order valence-electron chi connectivity index (χ0n) is 14.5. The zero-order chi connectivity index (χ0) is 17.5. The van der Waals surface area contributed by atoms with Gasteiger partial charge in [0.2, 0.25) is 0 Å². The second-order valence-electron chi connectivity index (χ2n) is 4.92. The highest BCUT2D eigenvalue weighted by Crippen LogP contribution is 2.25. The summed E-state index contributed by atoms with van der Waals surface area (Å²) in [7, 11) is 3.07. The van der Waals surface area contributed by atoms with Crippen molar-refractivity contribution in [2.45, 2.75) is 13.8 Å². The van der Waals surface area contributed by atoms with Gasteiger partial charge in [-0.1, -0.05) is 62.4 Å². The maximum Gasteiger partial charge on any atom is 0.277 e. The number of hydroxylamine groups is 2. The van der Waals surface area contributed by atoms with Crippen LogP contribution in [0.25, 0.3) is 22.2 Å². The lowest BCUT2D eigenvalue weighted by molar-refractivity contribution is -0.0755. The van der Waals surface area contributed by atoms with Crippen molar-refractivity contribution >= 4 is 16.8 Å². The molecule has 0 N–H and O–H groups in total. The number of pyridine rings is 1. The van der Waals surface area contributed by atoms with Crippen molar-refractivity contribution in [3.05, 3.63) is 66.2 Å². The molecule has 1 heterocycles. The molecular formula is C20H22N2O2. The fraction of sp³-hybridized carbons (Fsp3) is 0.200. The van der Waals surface area contributed by atoms with Gasteiger partial charge in [0.15, 0.2) is 0 Å². The standard InChI is InChI=1S/C18H16N2O2.C2H6/c1-20(22-2)18(21)15-12-17(13-8-4-3-5-9-13)19-16-11-7-6-10-14(15)16;1-2/h3-12H,1-2H3;1-2H3. The fourth-order valence-electron chi connectivity index (χ4n) is 2.36. The van der Waals surface area contributed by atoms with Gasteiger partial charge in [0.1, 0.15) is 0 Å². The molecule has 3 aromatic rings. The fourth-order valence-corrected chi connectivity index (χ4v) is 2.36. The number of hydrogen-bond acceptors (Lipinski definition) is 3. The van der Waals surface area contributed by atoms with Gasteiger partial charge in [-0.2, -0.15) is 0 Å². The SMILES string of the molecule is CC.CON(C)C(=O)c1cc(-c2ccccc2)nc2ccccc12. The first-order valence-electron chi connectivity index (χ1n) is 7.98. The Bertz CT molecular complexity index is 816. The van der Waals surface area contributed by atoms with Gasteiger partial charge in [0.05, 0.1) is 23.9 Å². The van der Waals surface area contributed by atoms with E-state index in [-0.39, 0.29) is 5.91 Å². The number of rotatable bonds is 3. The first-order valence-corrected chi connectivity index (χ1v) is 7.98. The number of carbonyl (C=O) groups excluding carboxylic acids is 1. The lowest BCUT2D eigenvalue weighted by atomic mass is 10.0. The molecule has 0 aliphatic rings. The van der Waals surface area contributed by atoms with E-state index in [2.05, 4.69) is 4.98 Å². The van der Waals surface area contributed by atoms with E-state index in [9.17, 15) is 4.79 Å². The highest BCUT2D eigenvalue weighted by Gasteiger charge is 2.17. The maximum absolute atomic E-state index is 12.5. The molecule has 124 valence electrons. The predicted octanol–water partition coefficient (Wildman–Crippen LogP) is 4.56. The van der Waals surface area contributed by atoms with E-state index in [1.807, 2.05) is 74.5 Å². The molecule has 0 saturated carbocycles. The zero-order valence-corrected chi connectivity index (χ0v) is 14.5. The normalized spacial score (nSPS) is 10.0. The van der Waals surface area contributed by atoms with Crippen molar-refractivity contribution in [3.8, 4) is 11.3 Å². The van der Waals surface area contributed by atoms with Crippen LogP contribution >= 0.6 is 0 Å². The highest BCUT2D eigenvalue weighted by atomic mass is 16.7. The van der Waals surface area contributed by atoms with Crippen molar-refractivity contribution in [1.82, 2.24) is 10.0 Å². The van der Waals surface area contributed by atoms with Crippen LogP contribution in [0.4, 0.5) is 0 Å². The van der Waals surface area contributed by atoms with Crippen LogP contribution in [0.2, 0.25) is 0 Å². The molecule has 1 aromatic heterocycles. The van der Waals surface area contributed by atoms with Gasteiger partial charge in [-0.05, 0) is 12.1 Å². The third-order valence-electron chi connectivity index (χ3n) is 3.58. The van der Waals surface area contributed by atoms with Crippen LogP contribution in [0.15, 0.2) is 60.7 Å². The van der Waals surface area contributed by atoms with Gasteiger partial charge in [0, 0.05) is 18.0 Å². The summed E-state index contributed by atoms with van der Waals surface area (Å²) >= 11 is 0. The van der Waals surface area contributed by atoms with E-state index in [1.54, 1.807) is 7.05 Å². The molecule has 4 nitrogen and oxygen atoms in total. The van der Waals surface area contributed by atoms with E-state index in [0.717, 1.165) is 22.2 Å². The molecule has 0 aliphatic heterocycles. The van der Waals surface area contributed by atoms with E-state index in [0.29, 0.717) is 5.56 Å². The molecular weight excluding hydrogens is 300 g/mol. The van der Waals surface area contributed by atoms with Crippen molar-refractivity contribution in [2.75, 3.05) is 14.2 Å². The Labute approximate surface area is 142 Å². The Morgan fingerprint density at radius 1 is 1.00 bits per heavy atom. The molecule has 0 unspecified atom stereocenters. The van der Waals surface area contributed by atoms with Gasteiger partial charge in [-0.3, -0.25) is 9.63 Å². The van der Waals surface area contributed by atoms with E-state index < -0.39 is 0 Å². The molecule has 0 radical (unpaired) electrons. The number of nitrogens with zero attached hydrogens (tertiary/aromatic N) is 2. The summed E-state index contributed by atoms with van der Waals surface area (Å²) in [4.78, 5) is 22.2. The Balaban J connectivity index is 0.00000100. The molecule has 2 aromatic carbocycles. The van der Waals surface area contributed by atoms with Crippen molar-refractivity contribution < 1.29 is 9.63 Å². The quantitative estimate of drug-likeness (QED) is 0.664. The van der Waals surface area contributed by atoms with E-state index in [4.69, 9.17) is 4.84 Å². The van der Waals surface area contributed by atoms with Gasteiger partial charge in [0.25, 0.3) is 5.91 Å². The molecule has 0 aliphatic carbocycles. The molecule has 0 atom stereocenters. The first-order chi connectivity index (χ1) is 11.7. The van der Waals surface area contributed by atoms with Gasteiger partial charge in [-0.15, -0.1) is 0 Å². The van der Waals surface area contributed by atoms with Crippen molar-refractivity contribution in [2.24, 2.45) is 0 Å². The van der Waals surface area contributed by atoms with E-state index in [1.165, 1.54) is 12.2 Å². The summed E-state index contributed by atoms with van der Waals surface area (Å²) in [6.45, 7) is 4.00. The smallest absolute Gasteiger partial charge is 0.274 e. The van der Waals surface area contributed by atoms with Crippen LogP contribution in [-0.2, 0) is 4.84 Å². The molecule has 3 rings (SSSR count). The highest BCUT2D eigenvalue weighted by molar-refractivity contribution is 6.06. The molecule has 0 saturated heterocycles. The number of hydrogen-bond donors (Lipinski definition) is 0. The molecule has 4 heteroatoms. The number of aromatic nitrogens is 1. The first kappa shape index (κ1) is 17.6. The summed E-state index contributed by atoms with van der Waals surface area (Å²) in [5, 5.41) is 2.03.